The number of hydrogen-bond donors (Lipinski definition) is 1. The number of ether oxygens (including phenoxy) is 1. The fraction of sp³-hybridized carbons (Fsp3) is 0.571. The Morgan fingerprint density at radius 1 is 1.31 bits per heavy atom. The fourth-order valence-electron chi connectivity index (χ4n) is 2.00. The van der Waals surface area contributed by atoms with Crippen molar-refractivity contribution in [3.05, 3.63) is 35.4 Å². The molecule has 0 fully saturated rings. The highest BCUT2D eigenvalue weighted by atomic mass is 16.5. The van der Waals surface area contributed by atoms with Crippen LogP contribution in [-0.4, -0.2) is 19.3 Å². The van der Waals surface area contributed by atoms with Crippen LogP contribution in [0.2, 0.25) is 0 Å². The molecule has 2 heteroatoms. The number of nitrogens with one attached hydrogen (secondary N) is 1. The average molecular weight is 221 g/mol. The topological polar surface area (TPSA) is 21.3 Å². The van der Waals surface area contributed by atoms with E-state index in [1.54, 1.807) is 0 Å². The molecule has 1 aromatic carbocycles. The van der Waals surface area contributed by atoms with Gasteiger partial charge in [-0.1, -0.05) is 36.8 Å². The number of hydrogen-bond acceptors (Lipinski definition) is 2. The molecule has 0 aliphatic heterocycles. The monoisotopic (exact) mass is 221 g/mol. The summed E-state index contributed by atoms with van der Waals surface area (Å²) in [6.07, 6.45) is 0.201. The summed E-state index contributed by atoms with van der Waals surface area (Å²) in [6.45, 7) is 10.1. The van der Waals surface area contributed by atoms with E-state index in [-0.39, 0.29) is 12.1 Å². The molecule has 2 unspecified atom stereocenters. The van der Waals surface area contributed by atoms with E-state index in [0.29, 0.717) is 0 Å². The van der Waals surface area contributed by atoms with Crippen molar-refractivity contribution in [2.75, 3.05) is 13.2 Å². The Kier molecular flexibility index (Phi) is 5.50. The van der Waals surface area contributed by atoms with Gasteiger partial charge in [0, 0.05) is 6.61 Å². The maximum Gasteiger partial charge on any atom is 0.0741 e. The van der Waals surface area contributed by atoms with Gasteiger partial charge in [0.05, 0.1) is 12.1 Å². The minimum absolute atomic E-state index is 0.201. The smallest absolute Gasteiger partial charge is 0.0741 e. The molecule has 90 valence electrons. The van der Waals surface area contributed by atoms with E-state index in [1.165, 1.54) is 11.1 Å². The van der Waals surface area contributed by atoms with Crippen LogP contribution >= 0.6 is 0 Å². The first kappa shape index (κ1) is 13.2. The van der Waals surface area contributed by atoms with Crippen LogP contribution in [0.5, 0.6) is 0 Å². The van der Waals surface area contributed by atoms with Crippen molar-refractivity contribution in [3.8, 4) is 0 Å². The minimum atomic E-state index is 0.201. The third kappa shape index (κ3) is 3.62. The predicted molar refractivity (Wildman–Crippen MR) is 68.7 cm³/mol. The van der Waals surface area contributed by atoms with E-state index in [1.807, 2.05) is 6.92 Å². The van der Waals surface area contributed by atoms with Gasteiger partial charge in [0.15, 0.2) is 0 Å². The molecule has 2 atom stereocenters. The van der Waals surface area contributed by atoms with Gasteiger partial charge in [0.1, 0.15) is 0 Å². The number of rotatable bonds is 6. The molecule has 16 heavy (non-hydrogen) atoms. The zero-order valence-electron chi connectivity index (χ0n) is 10.8. The molecule has 0 aromatic heterocycles. The first-order chi connectivity index (χ1) is 7.69. The second kappa shape index (κ2) is 6.66. The standard InChI is InChI=1S/C14H23NO/c1-5-15-14(12(4)16-6-2)13-9-7-8-11(3)10-13/h7-10,12,14-15H,5-6H2,1-4H3. The molecule has 0 amide bonds. The number of benzene rings is 1. The number of likely N-dealkylation sites (N-methyl/N-ethyl adjacent to an activating group) is 1. The number of aryl methyl sites for hydroxylation is 1. The zero-order chi connectivity index (χ0) is 12.0. The Morgan fingerprint density at radius 2 is 2.06 bits per heavy atom. The van der Waals surface area contributed by atoms with Crippen LogP contribution < -0.4 is 5.32 Å². The molecule has 0 bridgehead atoms. The van der Waals surface area contributed by atoms with Gasteiger partial charge >= 0.3 is 0 Å². The van der Waals surface area contributed by atoms with Crippen LogP contribution in [0.25, 0.3) is 0 Å². The summed E-state index contributed by atoms with van der Waals surface area (Å²) in [6, 6.07) is 8.90. The molecule has 0 heterocycles. The third-order valence-electron chi connectivity index (χ3n) is 2.72. The van der Waals surface area contributed by atoms with Gasteiger partial charge < -0.3 is 10.1 Å². The lowest BCUT2D eigenvalue weighted by molar-refractivity contribution is 0.0476. The van der Waals surface area contributed by atoms with E-state index in [4.69, 9.17) is 4.74 Å². The second-order valence-electron chi connectivity index (χ2n) is 4.11. The van der Waals surface area contributed by atoms with Gasteiger partial charge in [-0.3, -0.25) is 0 Å². The largest absolute Gasteiger partial charge is 0.377 e. The van der Waals surface area contributed by atoms with Gasteiger partial charge in [-0.2, -0.15) is 0 Å². The van der Waals surface area contributed by atoms with Gasteiger partial charge in [0.25, 0.3) is 0 Å². The second-order valence-corrected chi connectivity index (χ2v) is 4.11. The average Bonchev–Trinajstić information content (AvgIpc) is 2.26. The first-order valence-electron chi connectivity index (χ1n) is 6.10. The fourth-order valence-corrected chi connectivity index (χ4v) is 2.00. The molecular weight excluding hydrogens is 198 g/mol. The van der Waals surface area contributed by atoms with Crippen molar-refractivity contribution >= 4 is 0 Å². The van der Waals surface area contributed by atoms with Crippen LogP contribution in [0.15, 0.2) is 24.3 Å². The molecule has 1 N–H and O–H groups in total. The van der Waals surface area contributed by atoms with Gasteiger partial charge in [-0.15, -0.1) is 0 Å². The lowest BCUT2D eigenvalue weighted by Gasteiger charge is -2.25. The zero-order valence-corrected chi connectivity index (χ0v) is 10.8. The Balaban J connectivity index is 2.83. The molecule has 0 saturated heterocycles. The summed E-state index contributed by atoms with van der Waals surface area (Å²) in [5.74, 6) is 0. The lowest BCUT2D eigenvalue weighted by Crippen LogP contribution is -2.32. The molecule has 0 radical (unpaired) electrons. The summed E-state index contributed by atoms with van der Waals surface area (Å²) in [7, 11) is 0. The van der Waals surface area contributed by atoms with Crippen molar-refractivity contribution < 1.29 is 4.74 Å². The van der Waals surface area contributed by atoms with Gasteiger partial charge in [-0.25, -0.2) is 0 Å². The Hall–Kier alpha value is -0.860. The Morgan fingerprint density at radius 3 is 2.62 bits per heavy atom. The molecule has 0 spiro atoms. The van der Waals surface area contributed by atoms with E-state index in [2.05, 4.69) is 50.4 Å². The van der Waals surface area contributed by atoms with Crippen molar-refractivity contribution in [2.45, 2.75) is 39.8 Å². The molecule has 0 aliphatic rings. The van der Waals surface area contributed by atoms with Crippen LogP contribution in [0.3, 0.4) is 0 Å². The van der Waals surface area contributed by atoms with Crippen molar-refractivity contribution in [1.29, 1.82) is 0 Å². The summed E-state index contributed by atoms with van der Waals surface area (Å²) < 4.78 is 5.69. The third-order valence-corrected chi connectivity index (χ3v) is 2.72. The van der Waals surface area contributed by atoms with Crippen molar-refractivity contribution in [2.24, 2.45) is 0 Å². The van der Waals surface area contributed by atoms with E-state index in [0.717, 1.165) is 13.2 Å². The molecule has 0 saturated carbocycles. The Bertz CT molecular complexity index is 311. The molecule has 1 rings (SSSR count). The summed E-state index contributed by atoms with van der Waals surface area (Å²) in [5, 5.41) is 3.49. The highest BCUT2D eigenvalue weighted by Crippen LogP contribution is 2.20. The Labute approximate surface area is 99.0 Å². The molecule has 0 aliphatic carbocycles. The SMILES string of the molecule is CCNC(c1cccc(C)c1)C(C)OCC. The van der Waals surface area contributed by atoms with E-state index >= 15 is 0 Å². The minimum Gasteiger partial charge on any atom is -0.377 e. The van der Waals surface area contributed by atoms with Crippen molar-refractivity contribution in [3.63, 3.8) is 0 Å². The normalized spacial score (nSPS) is 14.8. The summed E-state index contributed by atoms with van der Waals surface area (Å²) in [4.78, 5) is 0. The predicted octanol–water partition coefficient (Wildman–Crippen LogP) is 3.07. The maximum atomic E-state index is 5.69. The van der Waals surface area contributed by atoms with Crippen molar-refractivity contribution in [1.82, 2.24) is 5.32 Å². The summed E-state index contributed by atoms with van der Waals surface area (Å²) in [5.41, 5.74) is 2.60. The van der Waals surface area contributed by atoms with Crippen LogP contribution in [-0.2, 0) is 4.74 Å². The highest BCUT2D eigenvalue weighted by molar-refractivity contribution is 5.25. The molecular formula is C14H23NO. The first-order valence-corrected chi connectivity index (χ1v) is 6.10. The van der Waals surface area contributed by atoms with E-state index in [9.17, 15) is 0 Å². The van der Waals surface area contributed by atoms with Gasteiger partial charge in [0.2, 0.25) is 0 Å². The molecule has 2 nitrogen and oxygen atoms in total. The highest BCUT2D eigenvalue weighted by Gasteiger charge is 2.18. The summed E-state index contributed by atoms with van der Waals surface area (Å²) >= 11 is 0. The van der Waals surface area contributed by atoms with E-state index < -0.39 is 0 Å². The van der Waals surface area contributed by atoms with Crippen LogP contribution in [0.4, 0.5) is 0 Å². The van der Waals surface area contributed by atoms with Crippen LogP contribution in [0.1, 0.15) is 37.9 Å². The lowest BCUT2D eigenvalue weighted by atomic mass is 10.0. The van der Waals surface area contributed by atoms with Crippen LogP contribution in [0, 0.1) is 6.92 Å². The quantitative estimate of drug-likeness (QED) is 0.797. The molecule has 1 aromatic rings. The maximum absolute atomic E-state index is 5.69. The van der Waals surface area contributed by atoms with Gasteiger partial charge in [-0.05, 0) is 32.9 Å².